The van der Waals surface area contributed by atoms with Crippen LogP contribution in [-0.2, 0) is 6.54 Å². The smallest absolute Gasteiger partial charge is 0.229 e. The van der Waals surface area contributed by atoms with Crippen LogP contribution >= 0.6 is 0 Å². The number of aromatic nitrogens is 2. The second-order valence-electron chi connectivity index (χ2n) is 5.65. The van der Waals surface area contributed by atoms with E-state index in [0.717, 1.165) is 11.4 Å². The third kappa shape index (κ3) is 4.07. The van der Waals surface area contributed by atoms with E-state index in [4.69, 9.17) is 0 Å². The lowest BCUT2D eigenvalue weighted by atomic mass is 10.2. The Morgan fingerprint density at radius 3 is 2.46 bits per heavy atom. The molecule has 122 valence electrons. The van der Waals surface area contributed by atoms with Crippen molar-refractivity contribution in [3.05, 3.63) is 77.2 Å². The van der Waals surface area contributed by atoms with Crippen LogP contribution in [0, 0.1) is 19.7 Å². The van der Waals surface area contributed by atoms with Gasteiger partial charge in [0, 0.05) is 29.6 Å². The number of benzene rings is 2. The van der Waals surface area contributed by atoms with Crippen LogP contribution in [0.5, 0.6) is 0 Å². The van der Waals surface area contributed by atoms with E-state index in [2.05, 4.69) is 20.6 Å². The van der Waals surface area contributed by atoms with Gasteiger partial charge in [0.25, 0.3) is 0 Å². The first-order valence-electron chi connectivity index (χ1n) is 7.77. The first-order valence-corrected chi connectivity index (χ1v) is 7.77. The van der Waals surface area contributed by atoms with Gasteiger partial charge in [0.05, 0.1) is 0 Å². The number of hydrogen-bond acceptors (Lipinski definition) is 4. The van der Waals surface area contributed by atoms with E-state index in [-0.39, 0.29) is 5.82 Å². The molecule has 1 heterocycles. The molecule has 24 heavy (non-hydrogen) atoms. The molecule has 3 aromatic rings. The molecular weight excluding hydrogens is 303 g/mol. The van der Waals surface area contributed by atoms with E-state index in [1.165, 1.54) is 11.6 Å². The molecule has 4 nitrogen and oxygen atoms in total. The maximum Gasteiger partial charge on any atom is 0.229 e. The quantitative estimate of drug-likeness (QED) is 0.721. The van der Waals surface area contributed by atoms with Crippen LogP contribution in [0.25, 0.3) is 0 Å². The largest absolute Gasteiger partial charge is 0.366 e. The van der Waals surface area contributed by atoms with E-state index in [9.17, 15) is 4.39 Å². The Balaban J connectivity index is 1.74. The molecule has 0 aliphatic heterocycles. The Hall–Kier alpha value is -2.95. The van der Waals surface area contributed by atoms with Crippen molar-refractivity contribution in [2.24, 2.45) is 0 Å². The molecule has 0 atom stereocenters. The van der Waals surface area contributed by atoms with Crippen molar-refractivity contribution in [1.82, 2.24) is 9.97 Å². The van der Waals surface area contributed by atoms with Crippen molar-refractivity contribution in [3.8, 4) is 0 Å². The highest BCUT2D eigenvalue weighted by Gasteiger charge is 2.05. The molecule has 0 aliphatic rings. The fourth-order valence-electron chi connectivity index (χ4n) is 2.31. The van der Waals surface area contributed by atoms with E-state index in [1.54, 1.807) is 12.1 Å². The van der Waals surface area contributed by atoms with E-state index >= 15 is 0 Å². The van der Waals surface area contributed by atoms with Crippen molar-refractivity contribution in [3.63, 3.8) is 0 Å². The van der Waals surface area contributed by atoms with Crippen molar-refractivity contribution in [2.75, 3.05) is 10.6 Å². The number of nitrogens with zero attached hydrogens (tertiary/aromatic N) is 2. The molecule has 1 aromatic heterocycles. The lowest BCUT2D eigenvalue weighted by Gasteiger charge is -2.10. The third-order valence-corrected chi connectivity index (χ3v) is 3.58. The molecule has 0 unspecified atom stereocenters. The number of halogens is 1. The van der Waals surface area contributed by atoms with Gasteiger partial charge in [-0.05, 0) is 32.0 Å². The predicted molar refractivity (Wildman–Crippen MR) is 95.0 cm³/mol. The van der Waals surface area contributed by atoms with Crippen molar-refractivity contribution in [2.45, 2.75) is 20.4 Å². The molecular formula is C19H19FN4. The molecule has 5 heteroatoms. The zero-order valence-electron chi connectivity index (χ0n) is 13.7. The number of aryl methyl sites for hydroxylation is 2. The van der Waals surface area contributed by atoms with Crippen molar-refractivity contribution < 1.29 is 4.39 Å². The van der Waals surface area contributed by atoms with Gasteiger partial charge >= 0.3 is 0 Å². The van der Waals surface area contributed by atoms with Gasteiger partial charge in [-0.3, -0.25) is 0 Å². The lowest BCUT2D eigenvalue weighted by Crippen LogP contribution is -2.06. The summed E-state index contributed by atoms with van der Waals surface area (Å²) in [4.78, 5) is 8.83. The summed E-state index contributed by atoms with van der Waals surface area (Å²) in [6.45, 7) is 4.31. The first kappa shape index (κ1) is 15.9. The zero-order valence-corrected chi connectivity index (χ0v) is 13.7. The average Bonchev–Trinajstić information content (AvgIpc) is 2.56. The van der Waals surface area contributed by atoms with Crippen LogP contribution in [0.3, 0.4) is 0 Å². The van der Waals surface area contributed by atoms with Gasteiger partial charge in [-0.2, -0.15) is 4.98 Å². The Bertz CT molecular complexity index is 831. The minimum atomic E-state index is -0.228. The van der Waals surface area contributed by atoms with Gasteiger partial charge in [0.1, 0.15) is 11.6 Å². The van der Waals surface area contributed by atoms with E-state index < -0.39 is 0 Å². The predicted octanol–water partition coefficient (Wildman–Crippen LogP) is 4.59. The van der Waals surface area contributed by atoms with Crippen LogP contribution in [0.4, 0.5) is 21.8 Å². The van der Waals surface area contributed by atoms with Gasteiger partial charge in [0.15, 0.2) is 0 Å². The Morgan fingerprint density at radius 2 is 1.71 bits per heavy atom. The molecule has 0 fully saturated rings. The fraction of sp³-hybridized carbons (Fsp3) is 0.158. The maximum absolute atomic E-state index is 13.7. The highest BCUT2D eigenvalue weighted by Crippen LogP contribution is 2.17. The summed E-state index contributed by atoms with van der Waals surface area (Å²) in [6, 6.07) is 16.5. The molecule has 3 rings (SSSR count). The third-order valence-electron chi connectivity index (χ3n) is 3.58. The highest BCUT2D eigenvalue weighted by atomic mass is 19.1. The van der Waals surface area contributed by atoms with Crippen LogP contribution < -0.4 is 10.6 Å². The standard InChI is InChI=1S/C19H19FN4/c1-13-7-9-16(10-8-13)23-19-22-14(2)11-18(24-19)21-12-15-5-3-4-6-17(15)20/h3-11H,12H2,1-2H3,(H2,21,22,23,24). The van der Waals surface area contributed by atoms with Gasteiger partial charge in [0.2, 0.25) is 5.95 Å². The molecule has 2 aromatic carbocycles. The fourth-order valence-corrected chi connectivity index (χ4v) is 2.31. The minimum absolute atomic E-state index is 0.228. The average molecular weight is 322 g/mol. The normalized spacial score (nSPS) is 10.5. The SMILES string of the molecule is Cc1ccc(Nc2nc(C)cc(NCc3ccccc3F)n2)cc1. The molecule has 0 aliphatic carbocycles. The summed E-state index contributed by atoms with van der Waals surface area (Å²) >= 11 is 0. The summed E-state index contributed by atoms with van der Waals surface area (Å²) in [5.74, 6) is 0.934. The van der Waals surface area contributed by atoms with Crippen LogP contribution in [0.2, 0.25) is 0 Å². The second-order valence-corrected chi connectivity index (χ2v) is 5.65. The van der Waals surface area contributed by atoms with Crippen LogP contribution in [-0.4, -0.2) is 9.97 Å². The van der Waals surface area contributed by atoms with Gasteiger partial charge in [-0.15, -0.1) is 0 Å². The number of nitrogens with one attached hydrogen (secondary N) is 2. The van der Waals surface area contributed by atoms with Crippen molar-refractivity contribution >= 4 is 17.5 Å². The first-order chi connectivity index (χ1) is 11.6. The van der Waals surface area contributed by atoms with Gasteiger partial charge < -0.3 is 10.6 Å². The van der Waals surface area contributed by atoms with Crippen LogP contribution in [0.1, 0.15) is 16.8 Å². The summed E-state index contributed by atoms with van der Waals surface area (Å²) in [5.41, 5.74) is 3.54. The summed E-state index contributed by atoms with van der Waals surface area (Å²) in [6.07, 6.45) is 0. The topological polar surface area (TPSA) is 49.8 Å². The zero-order chi connectivity index (χ0) is 16.9. The Labute approximate surface area is 140 Å². The van der Waals surface area contributed by atoms with Gasteiger partial charge in [-0.25, -0.2) is 9.37 Å². The maximum atomic E-state index is 13.7. The van der Waals surface area contributed by atoms with Gasteiger partial charge in [-0.1, -0.05) is 35.9 Å². The van der Waals surface area contributed by atoms with Crippen LogP contribution in [0.15, 0.2) is 54.6 Å². The molecule has 0 bridgehead atoms. The molecule has 2 N–H and O–H groups in total. The second kappa shape index (κ2) is 7.08. The van der Waals surface area contributed by atoms with E-state index in [1.807, 2.05) is 50.2 Å². The molecule has 0 saturated heterocycles. The summed E-state index contributed by atoms with van der Waals surface area (Å²) < 4.78 is 13.7. The molecule has 0 radical (unpaired) electrons. The number of rotatable bonds is 5. The minimum Gasteiger partial charge on any atom is -0.366 e. The van der Waals surface area contributed by atoms with E-state index in [0.29, 0.717) is 23.9 Å². The lowest BCUT2D eigenvalue weighted by molar-refractivity contribution is 0.613. The molecule has 0 amide bonds. The molecule has 0 saturated carbocycles. The number of hydrogen-bond donors (Lipinski definition) is 2. The van der Waals surface area contributed by atoms with Crippen molar-refractivity contribution in [1.29, 1.82) is 0 Å². The Morgan fingerprint density at radius 1 is 0.958 bits per heavy atom. The summed E-state index contributed by atoms with van der Waals surface area (Å²) in [5, 5.41) is 6.33. The number of anilines is 3. The Kier molecular flexibility index (Phi) is 4.70. The summed E-state index contributed by atoms with van der Waals surface area (Å²) in [7, 11) is 0. The monoisotopic (exact) mass is 322 g/mol. The molecule has 0 spiro atoms. The highest BCUT2D eigenvalue weighted by molar-refractivity contribution is 5.55.